The predicted octanol–water partition coefficient (Wildman–Crippen LogP) is 1.44. The summed E-state index contributed by atoms with van der Waals surface area (Å²) in [6.45, 7) is 6.94. The van der Waals surface area contributed by atoms with Gasteiger partial charge in [-0.25, -0.2) is 0 Å². The SMILES string of the molecule is CNC(=O)CNC(=O)C1CN(C(=O)c2[nH]ccc2C)CC2CN(C(=O)c3ccc(OC(C)C)c(OC)c3)CC21. The fourth-order valence-electron chi connectivity index (χ4n) is 5.44. The summed E-state index contributed by atoms with van der Waals surface area (Å²) in [6, 6.07) is 6.93. The van der Waals surface area contributed by atoms with Gasteiger partial charge in [-0.3, -0.25) is 19.2 Å². The molecule has 2 aromatic rings. The van der Waals surface area contributed by atoms with E-state index in [1.54, 1.807) is 34.2 Å². The van der Waals surface area contributed by atoms with Crippen molar-refractivity contribution >= 4 is 23.6 Å². The average Bonchev–Trinajstić information content (AvgIpc) is 3.56. The highest BCUT2D eigenvalue weighted by molar-refractivity contribution is 5.96. The number of benzene rings is 1. The molecule has 39 heavy (non-hydrogen) atoms. The van der Waals surface area contributed by atoms with Gasteiger partial charge in [-0.1, -0.05) is 0 Å². The van der Waals surface area contributed by atoms with Crippen LogP contribution in [-0.2, 0) is 9.59 Å². The Morgan fingerprint density at radius 1 is 1.03 bits per heavy atom. The first-order valence-electron chi connectivity index (χ1n) is 13.2. The first-order chi connectivity index (χ1) is 18.6. The van der Waals surface area contributed by atoms with Gasteiger partial charge in [-0.2, -0.15) is 0 Å². The van der Waals surface area contributed by atoms with Gasteiger partial charge in [0, 0.05) is 45.0 Å². The van der Waals surface area contributed by atoms with Crippen molar-refractivity contribution in [2.45, 2.75) is 26.9 Å². The van der Waals surface area contributed by atoms with Gasteiger partial charge in [0.05, 0.1) is 25.7 Å². The number of aryl methyl sites for hydroxylation is 1. The molecule has 0 aliphatic carbocycles. The van der Waals surface area contributed by atoms with Crippen LogP contribution in [0, 0.1) is 24.7 Å². The van der Waals surface area contributed by atoms with Gasteiger partial charge in [0.25, 0.3) is 11.8 Å². The number of aromatic nitrogens is 1. The molecule has 1 aromatic heterocycles. The highest BCUT2D eigenvalue weighted by Crippen LogP contribution is 2.37. The highest BCUT2D eigenvalue weighted by atomic mass is 16.5. The minimum atomic E-state index is -0.568. The third kappa shape index (κ3) is 6.02. The highest BCUT2D eigenvalue weighted by Gasteiger charge is 2.48. The van der Waals surface area contributed by atoms with Gasteiger partial charge >= 0.3 is 0 Å². The number of ether oxygens (including phenoxy) is 2. The number of aromatic amines is 1. The molecule has 4 amide bonds. The minimum Gasteiger partial charge on any atom is -0.493 e. The average molecular weight is 540 g/mol. The van der Waals surface area contributed by atoms with Crippen molar-refractivity contribution in [2.24, 2.45) is 17.8 Å². The van der Waals surface area contributed by atoms with E-state index < -0.39 is 5.92 Å². The number of likely N-dealkylation sites (tertiary alicyclic amines) is 2. The molecule has 0 radical (unpaired) electrons. The van der Waals surface area contributed by atoms with Crippen LogP contribution in [0.5, 0.6) is 11.5 Å². The molecule has 11 nitrogen and oxygen atoms in total. The Kier molecular flexibility index (Phi) is 8.47. The first kappa shape index (κ1) is 28.0. The summed E-state index contributed by atoms with van der Waals surface area (Å²) in [5, 5.41) is 5.19. The lowest BCUT2D eigenvalue weighted by Crippen LogP contribution is -2.54. The smallest absolute Gasteiger partial charge is 0.270 e. The molecule has 3 N–H and O–H groups in total. The number of hydrogen-bond donors (Lipinski definition) is 3. The maximum atomic E-state index is 13.6. The molecule has 2 saturated heterocycles. The lowest BCUT2D eigenvalue weighted by atomic mass is 9.79. The second-order valence-electron chi connectivity index (χ2n) is 10.4. The molecule has 1 aromatic carbocycles. The second-order valence-corrected chi connectivity index (χ2v) is 10.4. The largest absolute Gasteiger partial charge is 0.493 e. The molecule has 210 valence electrons. The van der Waals surface area contributed by atoms with Crippen LogP contribution in [0.1, 0.15) is 40.3 Å². The maximum absolute atomic E-state index is 13.6. The third-order valence-corrected chi connectivity index (χ3v) is 7.44. The maximum Gasteiger partial charge on any atom is 0.270 e. The van der Waals surface area contributed by atoms with Crippen molar-refractivity contribution in [3.8, 4) is 11.5 Å². The zero-order valence-corrected chi connectivity index (χ0v) is 23.1. The van der Waals surface area contributed by atoms with Crippen molar-refractivity contribution in [1.82, 2.24) is 25.4 Å². The normalized spacial score (nSPS) is 20.4. The van der Waals surface area contributed by atoms with Crippen molar-refractivity contribution in [3.05, 3.63) is 47.3 Å². The number of likely N-dealkylation sites (N-methyl/N-ethyl adjacent to an activating group) is 1. The van der Waals surface area contributed by atoms with Crippen LogP contribution in [0.2, 0.25) is 0 Å². The first-order valence-corrected chi connectivity index (χ1v) is 13.2. The van der Waals surface area contributed by atoms with Gasteiger partial charge < -0.3 is 34.9 Å². The predicted molar refractivity (Wildman–Crippen MR) is 144 cm³/mol. The van der Waals surface area contributed by atoms with Gasteiger partial charge in [-0.15, -0.1) is 0 Å². The number of carbonyl (C=O) groups excluding carboxylic acids is 4. The molecular formula is C28H37N5O6. The van der Waals surface area contributed by atoms with Crippen molar-refractivity contribution < 1.29 is 28.7 Å². The van der Waals surface area contributed by atoms with E-state index in [0.29, 0.717) is 42.4 Å². The van der Waals surface area contributed by atoms with Crippen LogP contribution in [0.25, 0.3) is 0 Å². The molecule has 0 spiro atoms. The summed E-state index contributed by atoms with van der Waals surface area (Å²) in [6.07, 6.45) is 1.67. The van der Waals surface area contributed by atoms with E-state index in [9.17, 15) is 19.2 Å². The molecule has 3 atom stereocenters. The van der Waals surface area contributed by atoms with Crippen LogP contribution >= 0.6 is 0 Å². The molecule has 3 heterocycles. The molecule has 2 aliphatic heterocycles. The lowest BCUT2D eigenvalue weighted by Gasteiger charge is -2.39. The topological polar surface area (TPSA) is 133 Å². The zero-order valence-electron chi connectivity index (χ0n) is 23.1. The summed E-state index contributed by atoms with van der Waals surface area (Å²) in [5.74, 6) is -0.774. The quantitative estimate of drug-likeness (QED) is 0.465. The molecule has 4 rings (SSSR count). The molecule has 3 unspecified atom stereocenters. The molecule has 0 bridgehead atoms. The molecular weight excluding hydrogens is 502 g/mol. The van der Waals surface area contributed by atoms with Crippen molar-refractivity contribution in [3.63, 3.8) is 0 Å². The van der Waals surface area contributed by atoms with E-state index in [1.165, 1.54) is 14.2 Å². The van der Waals surface area contributed by atoms with Crippen LogP contribution in [-0.4, -0.2) is 91.4 Å². The van der Waals surface area contributed by atoms with Crippen LogP contribution in [0.15, 0.2) is 30.5 Å². The number of fused-ring (bicyclic) bond motifs is 1. The third-order valence-electron chi connectivity index (χ3n) is 7.44. The number of nitrogens with one attached hydrogen (secondary N) is 3. The Hall–Kier alpha value is -4.02. The monoisotopic (exact) mass is 539 g/mol. The number of H-pyrrole nitrogens is 1. The molecule has 0 saturated carbocycles. The van der Waals surface area contributed by atoms with E-state index in [4.69, 9.17) is 9.47 Å². The minimum absolute atomic E-state index is 0.0472. The number of methoxy groups -OCH3 is 1. The number of amides is 4. The Bertz CT molecular complexity index is 1240. The number of carbonyl (C=O) groups is 4. The number of rotatable bonds is 8. The summed E-state index contributed by atoms with van der Waals surface area (Å²) < 4.78 is 11.2. The summed E-state index contributed by atoms with van der Waals surface area (Å²) >= 11 is 0. The van der Waals surface area contributed by atoms with E-state index in [-0.39, 0.29) is 54.7 Å². The van der Waals surface area contributed by atoms with E-state index >= 15 is 0 Å². The molecule has 11 heteroatoms. The van der Waals surface area contributed by atoms with Gasteiger partial charge in [-0.05, 0) is 62.4 Å². The number of piperidine rings is 1. The number of nitrogens with zero attached hydrogens (tertiary/aromatic N) is 2. The Labute approximate surface area is 228 Å². The fraction of sp³-hybridized carbons (Fsp3) is 0.500. The number of hydrogen-bond acceptors (Lipinski definition) is 6. The fourth-order valence-corrected chi connectivity index (χ4v) is 5.44. The Morgan fingerprint density at radius 2 is 1.74 bits per heavy atom. The summed E-state index contributed by atoms with van der Waals surface area (Å²) in [5.41, 5.74) is 1.77. The van der Waals surface area contributed by atoms with E-state index in [2.05, 4.69) is 15.6 Å². The second kappa shape index (κ2) is 11.8. The molecule has 2 aliphatic rings. The summed E-state index contributed by atoms with van der Waals surface area (Å²) in [7, 11) is 3.03. The van der Waals surface area contributed by atoms with Gasteiger partial charge in [0.15, 0.2) is 11.5 Å². The van der Waals surface area contributed by atoms with Crippen LogP contribution in [0.4, 0.5) is 0 Å². The van der Waals surface area contributed by atoms with Gasteiger partial charge in [0.2, 0.25) is 11.8 Å². The zero-order chi connectivity index (χ0) is 28.3. The van der Waals surface area contributed by atoms with E-state index in [1.807, 2.05) is 26.8 Å². The summed E-state index contributed by atoms with van der Waals surface area (Å²) in [4.78, 5) is 58.4. The Morgan fingerprint density at radius 3 is 2.36 bits per heavy atom. The Balaban J connectivity index is 1.56. The van der Waals surface area contributed by atoms with Gasteiger partial charge in [0.1, 0.15) is 5.69 Å². The van der Waals surface area contributed by atoms with Crippen LogP contribution < -0.4 is 20.1 Å². The lowest BCUT2D eigenvalue weighted by molar-refractivity contribution is -0.131. The van der Waals surface area contributed by atoms with Crippen molar-refractivity contribution in [2.75, 3.05) is 46.9 Å². The standard InChI is InChI=1S/C28H37N5O6/c1-16(2)39-22-7-6-18(10-23(22)38-5)27(36)32-12-19-13-33(28(37)25-17(3)8-9-30-25)15-21(20(19)14-32)26(35)31-11-24(34)29-4/h6-10,16,19-21,30H,11-15H2,1-5H3,(H,29,34)(H,31,35). The van der Waals surface area contributed by atoms with Crippen LogP contribution in [0.3, 0.4) is 0 Å². The van der Waals surface area contributed by atoms with E-state index in [0.717, 1.165) is 5.56 Å². The molecule has 2 fully saturated rings. The van der Waals surface area contributed by atoms with Crippen molar-refractivity contribution in [1.29, 1.82) is 0 Å².